The predicted molar refractivity (Wildman–Crippen MR) is 47.7 cm³/mol. The smallest absolute Gasteiger partial charge is 0.0777 e. The summed E-state index contributed by atoms with van der Waals surface area (Å²) in [5, 5.41) is 0. The molecule has 0 saturated heterocycles. The first-order chi connectivity index (χ1) is 3.06. The SMILES string of the molecule is CCC[N+](C)(C)C.Cl.Cl.[Cl-]. The van der Waals surface area contributed by atoms with Crippen molar-refractivity contribution >= 4 is 24.8 Å². The minimum Gasteiger partial charge on any atom is -1.00 e. The van der Waals surface area contributed by atoms with Gasteiger partial charge in [0.25, 0.3) is 0 Å². The molecule has 0 aliphatic rings. The molecule has 0 unspecified atom stereocenters. The quantitative estimate of drug-likeness (QED) is 0.511. The van der Waals surface area contributed by atoms with Crippen LogP contribution in [0.3, 0.4) is 0 Å². The highest BCUT2D eigenvalue weighted by Gasteiger charge is 2.01. The van der Waals surface area contributed by atoms with E-state index in [9.17, 15) is 0 Å². The Labute approximate surface area is 83.0 Å². The lowest BCUT2D eigenvalue weighted by atomic mass is 10.4. The van der Waals surface area contributed by atoms with Crippen LogP contribution >= 0.6 is 24.8 Å². The van der Waals surface area contributed by atoms with Gasteiger partial charge in [-0.2, -0.15) is 0 Å². The van der Waals surface area contributed by atoms with Gasteiger partial charge in [-0.3, -0.25) is 0 Å². The fraction of sp³-hybridized carbons (Fsp3) is 1.00. The minimum absolute atomic E-state index is 0. The van der Waals surface area contributed by atoms with Crippen LogP contribution in [0, 0.1) is 0 Å². The minimum atomic E-state index is 0. The van der Waals surface area contributed by atoms with Crippen LogP contribution in [0.15, 0.2) is 0 Å². The fourth-order valence-electron chi connectivity index (χ4n) is 0.671. The van der Waals surface area contributed by atoms with Gasteiger partial charge in [-0.25, -0.2) is 0 Å². The summed E-state index contributed by atoms with van der Waals surface area (Å²) in [6, 6.07) is 0. The van der Waals surface area contributed by atoms with E-state index >= 15 is 0 Å². The maximum absolute atomic E-state index is 2.21. The highest BCUT2D eigenvalue weighted by atomic mass is 35.5. The van der Waals surface area contributed by atoms with Crippen LogP contribution in [0.5, 0.6) is 0 Å². The average Bonchev–Trinajstić information content (AvgIpc) is 1.30. The first kappa shape index (κ1) is 22.4. The highest BCUT2D eigenvalue weighted by molar-refractivity contribution is 5.85. The first-order valence-corrected chi connectivity index (χ1v) is 2.86. The molecule has 0 aromatic heterocycles. The van der Waals surface area contributed by atoms with Crippen molar-refractivity contribution in [1.29, 1.82) is 0 Å². The summed E-state index contributed by atoms with van der Waals surface area (Å²) in [7, 11) is 6.64. The summed E-state index contributed by atoms with van der Waals surface area (Å²) < 4.78 is 1.09. The third kappa shape index (κ3) is 23.2. The maximum Gasteiger partial charge on any atom is 0.0777 e. The molecular weight excluding hydrogens is 192 g/mol. The van der Waals surface area contributed by atoms with Crippen molar-refractivity contribution in [3.05, 3.63) is 0 Å². The summed E-state index contributed by atoms with van der Waals surface area (Å²) in [6.07, 6.45) is 1.28. The van der Waals surface area contributed by atoms with E-state index in [4.69, 9.17) is 0 Å². The lowest BCUT2D eigenvalue weighted by Crippen LogP contribution is -3.00. The molecule has 0 bridgehead atoms. The van der Waals surface area contributed by atoms with Gasteiger partial charge in [-0.1, -0.05) is 6.92 Å². The maximum atomic E-state index is 2.21. The molecule has 1 nitrogen and oxygen atoms in total. The molecule has 0 aromatic carbocycles. The van der Waals surface area contributed by atoms with Gasteiger partial charge in [-0.05, 0) is 6.42 Å². The van der Waals surface area contributed by atoms with E-state index in [2.05, 4.69) is 28.1 Å². The lowest BCUT2D eigenvalue weighted by Gasteiger charge is -2.22. The zero-order valence-electron chi connectivity index (χ0n) is 7.06. The monoisotopic (exact) mass is 209 g/mol. The van der Waals surface area contributed by atoms with Crippen LogP contribution in [0.25, 0.3) is 0 Å². The van der Waals surface area contributed by atoms with Gasteiger partial charge >= 0.3 is 0 Å². The van der Waals surface area contributed by atoms with Gasteiger partial charge in [0.15, 0.2) is 0 Å². The number of nitrogens with zero attached hydrogens (tertiary/aromatic N) is 1. The molecule has 0 N–H and O–H groups in total. The molecule has 0 saturated carbocycles. The van der Waals surface area contributed by atoms with E-state index in [1.54, 1.807) is 0 Å². The summed E-state index contributed by atoms with van der Waals surface area (Å²) >= 11 is 0. The van der Waals surface area contributed by atoms with Crippen molar-refractivity contribution in [2.75, 3.05) is 27.7 Å². The van der Waals surface area contributed by atoms with Crippen molar-refractivity contribution in [3.8, 4) is 0 Å². The molecule has 0 aliphatic carbocycles. The van der Waals surface area contributed by atoms with Crippen LogP contribution in [0.4, 0.5) is 0 Å². The molecule has 0 aromatic rings. The number of hydrogen-bond acceptors (Lipinski definition) is 0. The van der Waals surface area contributed by atoms with E-state index in [1.165, 1.54) is 13.0 Å². The molecule has 0 atom stereocenters. The number of quaternary nitrogens is 1. The van der Waals surface area contributed by atoms with Crippen molar-refractivity contribution in [1.82, 2.24) is 0 Å². The van der Waals surface area contributed by atoms with E-state index in [0.29, 0.717) is 0 Å². The topological polar surface area (TPSA) is 0 Å². The molecule has 0 amide bonds. The van der Waals surface area contributed by atoms with Gasteiger partial charge in [0.2, 0.25) is 0 Å². The Bertz CT molecular complexity index is 51.4. The normalized spacial score (nSPS) is 8.40. The van der Waals surface area contributed by atoms with E-state index in [1.807, 2.05) is 0 Å². The van der Waals surface area contributed by atoms with Crippen LogP contribution in [-0.2, 0) is 0 Å². The molecule has 0 aliphatic heterocycles. The Balaban J connectivity index is -0.0000000600. The van der Waals surface area contributed by atoms with Crippen molar-refractivity contribution in [2.45, 2.75) is 13.3 Å². The largest absolute Gasteiger partial charge is 1.00 e. The molecule has 0 radical (unpaired) electrons. The first-order valence-electron chi connectivity index (χ1n) is 2.86. The van der Waals surface area contributed by atoms with Crippen LogP contribution in [-0.4, -0.2) is 32.2 Å². The van der Waals surface area contributed by atoms with Crippen LogP contribution in [0.1, 0.15) is 13.3 Å². The van der Waals surface area contributed by atoms with Gasteiger partial charge in [0.05, 0.1) is 27.7 Å². The molecule has 68 valence electrons. The molecule has 0 fully saturated rings. The van der Waals surface area contributed by atoms with Crippen LogP contribution in [0.2, 0.25) is 0 Å². The van der Waals surface area contributed by atoms with Gasteiger partial charge in [0.1, 0.15) is 0 Å². The lowest BCUT2D eigenvalue weighted by molar-refractivity contribution is -0.870. The zero-order chi connectivity index (χ0) is 5.91. The standard InChI is InChI=1S/C6H16N.3ClH/c1-5-6-7(2,3)4;;;/h5-6H2,1-4H3;3*1H/q+1;;;/p-1. The fourth-order valence-corrected chi connectivity index (χ4v) is 0.671. The third-order valence-corrected chi connectivity index (χ3v) is 0.894. The predicted octanol–water partition coefficient (Wildman–Crippen LogP) is -1.05. The third-order valence-electron chi connectivity index (χ3n) is 0.894. The molecule has 4 heteroatoms. The molecule has 0 rings (SSSR count). The van der Waals surface area contributed by atoms with Crippen molar-refractivity contribution in [2.24, 2.45) is 0 Å². The summed E-state index contributed by atoms with van der Waals surface area (Å²) in [5.41, 5.74) is 0. The second kappa shape index (κ2) is 9.83. The Morgan fingerprint density at radius 3 is 1.30 bits per heavy atom. The van der Waals surface area contributed by atoms with Crippen molar-refractivity contribution in [3.63, 3.8) is 0 Å². The number of hydrogen-bond donors (Lipinski definition) is 0. The molecule has 0 heterocycles. The molecule has 0 spiro atoms. The zero-order valence-corrected chi connectivity index (χ0v) is 9.44. The molecule has 10 heavy (non-hydrogen) atoms. The second-order valence-corrected chi connectivity index (χ2v) is 3.01. The average molecular weight is 211 g/mol. The Kier molecular flexibility index (Phi) is 22.1. The Morgan fingerprint density at radius 1 is 1.00 bits per heavy atom. The van der Waals surface area contributed by atoms with Gasteiger partial charge in [-0.15, -0.1) is 24.8 Å². The van der Waals surface area contributed by atoms with E-state index in [-0.39, 0.29) is 37.2 Å². The summed E-state index contributed by atoms with van der Waals surface area (Å²) in [6.45, 7) is 3.49. The van der Waals surface area contributed by atoms with Crippen LogP contribution < -0.4 is 12.4 Å². The Hall–Kier alpha value is 0.830. The summed E-state index contributed by atoms with van der Waals surface area (Å²) in [5.74, 6) is 0. The Morgan fingerprint density at radius 2 is 1.30 bits per heavy atom. The second-order valence-electron chi connectivity index (χ2n) is 3.01. The van der Waals surface area contributed by atoms with E-state index < -0.39 is 0 Å². The van der Waals surface area contributed by atoms with Crippen molar-refractivity contribution < 1.29 is 16.9 Å². The molecular formula is C6H18Cl3N. The summed E-state index contributed by atoms with van der Waals surface area (Å²) in [4.78, 5) is 0. The number of halogens is 3. The van der Waals surface area contributed by atoms with Gasteiger partial charge < -0.3 is 16.9 Å². The highest BCUT2D eigenvalue weighted by Crippen LogP contribution is 1.90. The van der Waals surface area contributed by atoms with E-state index in [0.717, 1.165) is 4.48 Å². The number of rotatable bonds is 2. The van der Waals surface area contributed by atoms with Gasteiger partial charge in [0, 0.05) is 0 Å².